The van der Waals surface area contributed by atoms with Crippen LogP contribution in [0.15, 0.2) is 11.1 Å². The van der Waals surface area contributed by atoms with Crippen molar-refractivity contribution in [3.05, 3.63) is 11.1 Å². The second kappa shape index (κ2) is 3.16. The third-order valence-corrected chi connectivity index (χ3v) is 1.46. The molecule has 54 valence electrons. The molecule has 9 heavy (non-hydrogen) atoms. The van der Waals surface area contributed by atoms with Gasteiger partial charge >= 0.3 is 0 Å². The van der Waals surface area contributed by atoms with Gasteiger partial charge in [-0.05, 0) is 5.41 Å². The molecule has 0 aliphatic rings. The van der Waals surface area contributed by atoms with E-state index in [2.05, 4.69) is 38.7 Å². The Kier molecular flexibility index (Phi) is 3.12. The van der Waals surface area contributed by atoms with Crippen molar-refractivity contribution >= 4 is 12.6 Å². The summed E-state index contributed by atoms with van der Waals surface area (Å²) in [7, 11) is 1.91. The fraction of sp³-hybridized carbons (Fsp3) is 0.714. The molecule has 0 saturated heterocycles. The highest BCUT2D eigenvalue weighted by Crippen LogP contribution is 2.22. The molecule has 2 heteroatoms. The SMILES string of the molecule is CN/C(=C\S)C(C)(C)C. The summed E-state index contributed by atoms with van der Waals surface area (Å²) in [5.41, 5.74) is 1.35. The zero-order valence-corrected chi connectivity index (χ0v) is 7.42. The summed E-state index contributed by atoms with van der Waals surface area (Å²) in [6.07, 6.45) is 0. The van der Waals surface area contributed by atoms with E-state index in [-0.39, 0.29) is 5.41 Å². The van der Waals surface area contributed by atoms with Crippen molar-refractivity contribution in [3.8, 4) is 0 Å². The van der Waals surface area contributed by atoms with Crippen LogP contribution < -0.4 is 5.32 Å². The van der Waals surface area contributed by atoms with Gasteiger partial charge in [0.2, 0.25) is 0 Å². The van der Waals surface area contributed by atoms with Crippen molar-refractivity contribution in [3.63, 3.8) is 0 Å². The lowest BCUT2D eigenvalue weighted by molar-refractivity contribution is 0.474. The van der Waals surface area contributed by atoms with Crippen LogP contribution in [0.3, 0.4) is 0 Å². The van der Waals surface area contributed by atoms with Crippen molar-refractivity contribution in [1.29, 1.82) is 0 Å². The molecule has 0 fully saturated rings. The number of hydrogen-bond donors (Lipinski definition) is 2. The Morgan fingerprint density at radius 2 is 1.89 bits per heavy atom. The van der Waals surface area contributed by atoms with Gasteiger partial charge in [0.15, 0.2) is 0 Å². The van der Waals surface area contributed by atoms with Crippen LogP contribution in [0.2, 0.25) is 0 Å². The molecule has 1 nitrogen and oxygen atoms in total. The Morgan fingerprint density at radius 1 is 1.44 bits per heavy atom. The van der Waals surface area contributed by atoms with Crippen molar-refractivity contribution in [2.45, 2.75) is 20.8 Å². The first-order chi connectivity index (χ1) is 4.02. The van der Waals surface area contributed by atoms with Crippen LogP contribution in [0.5, 0.6) is 0 Å². The fourth-order valence-corrected chi connectivity index (χ4v) is 1.15. The highest BCUT2D eigenvalue weighted by molar-refractivity contribution is 7.83. The predicted molar refractivity (Wildman–Crippen MR) is 45.6 cm³/mol. The van der Waals surface area contributed by atoms with E-state index in [9.17, 15) is 0 Å². The first-order valence-corrected chi connectivity index (χ1v) is 3.56. The lowest BCUT2D eigenvalue weighted by Crippen LogP contribution is -2.20. The Bertz CT molecular complexity index is 111. The molecule has 0 unspecified atom stereocenters. The van der Waals surface area contributed by atoms with Gasteiger partial charge in [0.1, 0.15) is 0 Å². The van der Waals surface area contributed by atoms with Crippen LogP contribution in [0.4, 0.5) is 0 Å². The van der Waals surface area contributed by atoms with Crippen molar-refractivity contribution in [2.24, 2.45) is 5.41 Å². The Hall–Kier alpha value is -0.110. The maximum Gasteiger partial charge on any atom is 0.0220 e. The van der Waals surface area contributed by atoms with Crippen LogP contribution in [0, 0.1) is 5.41 Å². The smallest absolute Gasteiger partial charge is 0.0220 e. The average molecular weight is 145 g/mol. The summed E-state index contributed by atoms with van der Waals surface area (Å²) in [5.74, 6) is 0. The summed E-state index contributed by atoms with van der Waals surface area (Å²) in [6.45, 7) is 6.43. The minimum atomic E-state index is 0.191. The van der Waals surface area contributed by atoms with Gasteiger partial charge in [-0.1, -0.05) is 20.8 Å². The van der Waals surface area contributed by atoms with Crippen molar-refractivity contribution in [2.75, 3.05) is 7.05 Å². The normalized spacial score (nSPS) is 13.7. The van der Waals surface area contributed by atoms with E-state index in [1.807, 2.05) is 7.05 Å². The van der Waals surface area contributed by atoms with Crippen molar-refractivity contribution in [1.82, 2.24) is 5.32 Å². The maximum atomic E-state index is 4.06. The molecular weight excluding hydrogens is 130 g/mol. The summed E-state index contributed by atoms with van der Waals surface area (Å²) in [4.78, 5) is 0. The molecule has 0 radical (unpaired) electrons. The third kappa shape index (κ3) is 2.80. The van der Waals surface area contributed by atoms with Gasteiger partial charge in [-0.15, -0.1) is 12.6 Å². The molecule has 1 N–H and O–H groups in total. The van der Waals surface area contributed by atoms with Gasteiger partial charge in [0.05, 0.1) is 0 Å². The first kappa shape index (κ1) is 8.89. The lowest BCUT2D eigenvalue weighted by atomic mass is 9.93. The highest BCUT2D eigenvalue weighted by Gasteiger charge is 2.13. The molecule has 0 aliphatic carbocycles. The van der Waals surface area contributed by atoms with E-state index in [1.165, 1.54) is 0 Å². The van der Waals surface area contributed by atoms with Crippen LogP contribution in [-0.4, -0.2) is 7.05 Å². The Balaban J connectivity index is 4.14. The molecule has 0 atom stereocenters. The van der Waals surface area contributed by atoms with Gasteiger partial charge in [-0.3, -0.25) is 0 Å². The van der Waals surface area contributed by atoms with Crippen LogP contribution in [0.25, 0.3) is 0 Å². The monoisotopic (exact) mass is 145 g/mol. The number of thiol groups is 1. The second-order valence-electron chi connectivity index (χ2n) is 3.04. The first-order valence-electron chi connectivity index (χ1n) is 3.05. The minimum Gasteiger partial charge on any atom is -0.391 e. The molecule has 0 aromatic carbocycles. The highest BCUT2D eigenvalue weighted by atomic mass is 32.1. The molecule has 0 heterocycles. The number of nitrogens with one attached hydrogen (secondary N) is 1. The number of hydrogen-bond acceptors (Lipinski definition) is 2. The number of rotatable bonds is 1. The minimum absolute atomic E-state index is 0.191. The molecule has 0 saturated carbocycles. The van der Waals surface area contributed by atoms with E-state index >= 15 is 0 Å². The summed E-state index contributed by atoms with van der Waals surface area (Å²) in [6, 6.07) is 0. The van der Waals surface area contributed by atoms with Gasteiger partial charge in [0.25, 0.3) is 0 Å². The molecule has 0 spiro atoms. The molecular formula is C7H15NS. The number of allylic oxidation sites excluding steroid dienone is 1. The summed E-state index contributed by atoms with van der Waals surface area (Å²) >= 11 is 4.06. The summed E-state index contributed by atoms with van der Waals surface area (Å²) < 4.78 is 0. The van der Waals surface area contributed by atoms with E-state index in [0.717, 1.165) is 5.70 Å². The fourth-order valence-electron chi connectivity index (χ4n) is 0.633. The Labute approximate surface area is 62.9 Å². The molecule has 0 amide bonds. The van der Waals surface area contributed by atoms with Crippen LogP contribution >= 0.6 is 12.6 Å². The topological polar surface area (TPSA) is 12.0 Å². The largest absolute Gasteiger partial charge is 0.391 e. The standard InChI is InChI=1S/C7H15NS/c1-7(2,3)6(5-9)8-4/h5,8-9H,1-4H3/b6-5-. The van der Waals surface area contributed by atoms with E-state index in [0.29, 0.717) is 0 Å². The van der Waals surface area contributed by atoms with E-state index < -0.39 is 0 Å². The van der Waals surface area contributed by atoms with E-state index in [4.69, 9.17) is 0 Å². The maximum absolute atomic E-state index is 4.06. The van der Waals surface area contributed by atoms with Gasteiger partial charge in [-0.2, -0.15) is 0 Å². The lowest BCUT2D eigenvalue weighted by Gasteiger charge is -2.21. The molecule has 0 bridgehead atoms. The van der Waals surface area contributed by atoms with Gasteiger partial charge < -0.3 is 5.32 Å². The molecule has 0 aromatic rings. The molecule has 0 aromatic heterocycles. The molecule has 0 aliphatic heterocycles. The zero-order valence-electron chi connectivity index (χ0n) is 6.52. The third-order valence-electron chi connectivity index (χ3n) is 1.21. The van der Waals surface area contributed by atoms with Crippen LogP contribution in [-0.2, 0) is 0 Å². The van der Waals surface area contributed by atoms with Gasteiger partial charge in [-0.25, -0.2) is 0 Å². The predicted octanol–water partition coefficient (Wildman–Crippen LogP) is 2.02. The van der Waals surface area contributed by atoms with E-state index in [1.54, 1.807) is 5.41 Å². The zero-order chi connectivity index (χ0) is 7.49. The second-order valence-corrected chi connectivity index (χ2v) is 3.30. The van der Waals surface area contributed by atoms with Gasteiger partial charge in [0, 0.05) is 18.2 Å². The van der Waals surface area contributed by atoms with Crippen molar-refractivity contribution < 1.29 is 0 Å². The summed E-state index contributed by atoms with van der Waals surface area (Å²) in [5, 5.41) is 4.88. The van der Waals surface area contributed by atoms with Crippen LogP contribution in [0.1, 0.15) is 20.8 Å². The molecule has 0 rings (SSSR count). The quantitative estimate of drug-likeness (QED) is 0.538. The average Bonchev–Trinajstić information content (AvgIpc) is 1.65. The Morgan fingerprint density at radius 3 is 1.89 bits per heavy atom.